The fourth-order valence-electron chi connectivity index (χ4n) is 2.04. The van der Waals surface area contributed by atoms with Crippen LogP contribution in [-0.4, -0.2) is 53.5 Å². The fraction of sp³-hybridized carbons (Fsp3) is 0.750. The molecule has 0 aliphatic heterocycles. The molecule has 0 rings (SSSR count). The predicted molar refractivity (Wildman–Crippen MR) is 92.4 cm³/mol. The lowest BCUT2D eigenvalue weighted by Gasteiger charge is -2.24. The predicted octanol–water partition coefficient (Wildman–Crippen LogP) is -0.794. The Labute approximate surface area is 148 Å². The highest BCUT2D eigenvalue weighted by atomic mass is 16.4. The molecule has 0 aliphatic carbocycles. The van der Waals surface area contributed by atoms with Crippen LogP contribution in [0.3, 0.4) is 0 Å². The van der Waals surface area contributed by atoms with Gasteiger partial charge in [-0.05, 0) is 25.2 Å². The highest BCUT2D eigenvalue weighted by Crippen LogP contribution is 2.07. The van der Waals surface area contributed by atoms with E-state index in [4.69, 9.17) is 5.73 Å². The number of hydrogen-bond acceptors (Lipinski definition) is 5. The first-order valence-corrected chi connectivity index (χ1v) is 8.31. The smallest absolute Gasteiger partial charge is 0.326 e. The van der Waals surface area contributed by atoms with Gasteiger partial charge in [0, 0.05) is 0 Å². The molecule has 3 atom stereocenters. The normalized spacial score (nSPS) is 14.6. The van der Waals surface area contributed by atoms with Gasteiger partial charge in [-0.1, -0.05) is 27.7 Å². The fourth-order valence-corrected chi connectivity index (χ4v) is 2.04. The van der Waals surface area contributed by atoms with Crippen LogP contribution >= 0.6 is 0 Å². The van der Waals surface area contributed by atoms with Crippen molar-refractivity contribution < 1.29 is 24.3 Å². The second kappa shape index (κ2) is 10.7. The molecule has 0 bridgehead atoms. The summed E-state index contributed by atoms with van der Waals surface area (Å²) in [7, 11) is 0. The summed E-state index contributed by atoms with van der Waals surface area (Å²) in [6, 6.07) is -2.68. The van der Waals surface area contributed by atoms with Crippen molar-refractivity contribution in [2.24, 2.45) is 17.6 Å². The van der Waals surface area contributed by atoms with Crippen molar-refractivity contribution in [2.75, 3.05) is 6.54 Å². The van der Waals surface area contributed by atoms with Crippen molar-refractivity contribution in [3.8, 4) is 0 Å². The SMILES string of the molecule is CC(C)CC(NC(=O)C(NC(=O)CNC(=O)C(C)N)C(C)C)C(=O)O. The van der Waals surface area contributed by atoms with Gasteiger partial charge in [0.2, 0.25) is 17.7 Å². The third-order valence-electron chi connectivity index (χ3n) is 3.42. The zero-order valence-corrected chi connectivity index (χ0v) is 15.5. The zero-order chi connectivity index (χ0) is 19.7. The summed E-state index contributed by atoms with van der Waals surface area (Å²) >= 11 is 0. The van der Waals surface area contributed by atoms with E-state index in [1.807, 2.05) is 13.8 Å². The van der Waals surface area contributed by atoms with E-state index in [1.54, 1.807) is 13.8 Å². The van der Waals surface area contributed by atoms with E-state index in [0.29, 0.717) is 0 Å². The first kappa shape index (κ1) is 22.8. The lowest BCUT2D eigenvalue weighted by molar-refractivity contribution is -0.143. The van der Waals surface area contributed by atoms with Crippen molar-refractivity contribution in [2.45, 2.75) is 59.2 Å². The number of carboxylic acids is 1. The Morgan fingerprint density at radius 2 is 1.52 bits per heavy atom. The Balaban J connectivity index is 4.81. The largest absolute Gasteiger partial charge is 0.480 e. The summed E-state index contributed by atoms with van der Waals surface area (Å²) < 4.78 is 0. The van der Waals surface area contributed by atoms with Crippen LogP contribution in [0.15, 0.2) is 0 Å². The molecule has 0 aliphatic rings. The van der Waals surface area contributed by atoms with Crippen molar-refractivity contribution in [3.05, 3.63) is 0 Å². The van der Waals surface area contributed by atoms with E-state index in [1.165, 1.54) is 6.92 Å². The molecule has 25 heavy (non-hydrogen) atoms. The Morgan fingerprint density at radius 3 is 1.92 bits per heavy atom. The van der Waals surface area contributed by atoms with E-state index < -0.39 is 41.8 Å². The molecule has 6 N–H and O–H groups in total. The van der Waals surface area contributed by atoms with Gasteiger partial charge < -0.3 is 26.8 Å². The van der Waals surface area contributed by atoms with E-state index in [9.17, 15) is 24.3 Å². The molecular weight excluding hydrogens is 328 g/mol. The summed E-state index contributed by atoms with van der Waals surface area (Å²) in [5, 5.41) is 16.5. The van der Waals surface area contributed by atoms with Gasteiger partial charge in [0.25, 0.3) is 0 Å². The minimum absolute atomic E-state index is 0.0851. The monoisotopic (exact) mass is 358 g/mol. The summed E-state index contributed by atoms with van der Waals surface area (Å²) in [6.07, 6.45) is 0.282. The van der Waals surface area contributed by atoms with Gasteiger partial charge in [-0.2, -0.15) is 0 Å². The molecule has 0 aromatic rings. The summed E-state index contributed by atoms with van der Waals surface area (Å²) in [4.78, 5) is 46.9. The minimum atomic E-state index is -1.12. The molecule has 0 spiro atoms. The Morgan fingerprint density at radius 1 is 0.960 bits per heavy atom. The van der Waals surface area contributed by atoms with Crippen LogP contribution in [0.5, 0.6) is 0 Å². The number of amides is 3. The van der Waals surface area contributed by atoms with Crippen LogP contribution < -0.4 is 21.7 Å². The van der Waals surface area contributed by atoms with E-state index >= 15 is 0 Å². The van der Waals surface area contributed by atoms with Crippen LogP contribution in [0.1, 0.15) is 41.0 Å². The molecule has 0 saturated carbocycles. The van der Waals surface area contributed by atoms with Crippen molar-refractivity contribution in [1.29, 1.82) is 0 Å². The maximum absolute atomic E-state index is 12.4. The Bertz CT molecular complexity index is 491. The van der Waals surface area contributed by atoms with Crippen molar-refractivity contribution in [1.82, 2.24) is 16.0 Å². The number of rotatable bonds is 10. The number of nitrogens with two attached hydrogens (primary N) is 1. The number of aliphatic carboxylic acids is 1. The second-order valence-electron chi connectivity index (χ2n) is 6.82. The summed E-state index contributed by atoms with van der Waals surface area (Å²) in [5.41, 5.74) is 5.38. The van der Waals surface area contributed by atoms with Gasteiger partial charge in [0.15, 0.2) is 0 Å². The molecule has 9 nitrogen and oxygen atoms in total. The molecule has 0 radical (unpaired) electrons. The number of nitrogens with one attached hydrogen (secondary N) is 3. The molecule has 0 aromatic heterocycles. The lowest BCUT2D eigenvalue weighted by atomic mass is 10.0. The average molecular weight is 358 g/mol. The summed E-state index contributed by atoms with van der Waals surface area (Å²) in [6.45, 7) is 8.33. The second-order valence-corrected chi connectivity index (χ2v) is 6.82. The van der Waals surface area contributed by atoms with Crippen LogP contribution in [0, 0.1) is 11.8 Å². The first-order valence-electron chi connectivity index (χ1n) is 8.31. The van der Waals surface area contributed by atoms with E-state index in [0.717, 1.165) is 0 Å². The number of hydrogen-bond donors (Lipinski definition) is 5. The molecule has 9 heteroatoms. The number of carboxylic acid groups (broad SMARTS) is 1. The standard InChI is InChI=1S/C16H30N4O5/c1-8(2)6-11(16(24)25)19-15(23)13(9(3)4)20-12(21)7-18-14(22)10(5)17/h8-11,13H,6-7,17H2,1-5H3,(H,18,22)(H,19,23)(H,20,21)(H,24,25). The minimum Gasteiger partial charge on any atom is -0.480 e. The number of carbonyl (C=O) groups is 4. The molecule has 0 fully saturated rings. The van der Waals surface area contributed by atoms with Crippen molar-refractivity contribution in [3.63, 3.8) is 0 Å². The van der Waals surface area contributed by atoms with Crippen LogP contribution in [0.2, 0.25) is 0 Å². The Kier molecular flexibility index (Phi) is 9.73. The maximum atomic E-state index is 12.4. The highest BCUT2D eigenvalue weighted by molar-refractivity contribution is 5.92. The van der Waals surface area contributed by atoms with Gasteiger partial charge in [-0.15, -0.1) is 0 Å². The average Bonchev–Trinajstić information content (AvgIpc) is 2.48. The first-order chi connectivity index (χ1) is 11.5. The molecule has 3 unspecified atom stereocenters. The summed E-state index contributed by atoms with van der Waals surface area (Å²) in [5.74, 6) is -2.92. The van der Waals surface area contributed by atoms with Crippen LogP contribution in [-0.2, 0) is 19.2 Å². The van der Waals surface area contributed by atoms with Gasteiger partial charge >= 0.3 is 5.97 Å². The zero-order valence-electron chi connectivity index (χ0n) is 15.5. The molecule has 0 heterocycles. The van der Waals surface area contributed by atoms with E-state index in [2.05, 4.69) is 16.0 Å². The Hall–Kier alpha value is -2.16. The third kappa shape index (κ3) is 9.04. The van der Waals surface area contributed by atoms with Gasteiger partial charge in [-0.25, -0.2) is 4.79 Å². The maximum Gasteiger partial charge on any atom is 0.326 e. The van der Waals surface area contributed by atoms with E-state index in [-0.39, 0.29) is 24.8 Å². The van der Waals surface area contributed by atoms with Crippen molar-refractivity contribution >= 4 is 23.7 Å². The topological polar surface area (TPSA) is 151 Å². The molecule has 3 amide bonds. The molecular formula is C16H30N4O5. The molecule has 144 valence electrons. The van der Waals surface area contributed by atoms with Crippen LogP contribution in [0.4, 0.5) is 0 Å². The molecule has 0 aromatic carbocycles. The lowest BCUT2D eigenvalue weighted by Crippen LogP contribution is -2.55. The van der Waals surface area contributed by atoms with Gasteiger partial charge in [-0.3, -0.25) is 14.4 Å². The third-order valence-corrected chi connectivity index (χ3v) is 3.42. The molecule has 0 saturated heterocycles. The quantitative estimate of drug-likeness (QED) is 0.345. The van der Waals surface area contributed by atoms with Gasteiger partial charge in [0.1, 0.15) is 12.1 Å². The highest BCUT2D eigenvalue weighted by Gasteiger charge is 2.29. The number of carbonyl (C=O) groups excluding carboxylic acids is 3. The van der Waals surface area contributed by atoms with Crippen LogP contribution in [0.25, 0.3) is 0 Å². The van der Waals surface area contributed by atoms with Gasteiger partial charge in [0.05, 0.1) is 12.6 Å².